The number of methoxy groups -OCH3 is 1. The fourth-order valence-electron chi connectivity index (χ4n) is 7.01. The maximum absolute atomic E-state index is 14.0. The topological polar surface area (TPSA) is 116 Å². The molecule has 3 aliphatic carbocycles. The molecular weight excluding hydrogens is 490 g/mol. The summed E-state index contributed by atoms with van der Waals surface area (Å²) in [6.45, 7) is 13.0. The molecule has 0 aromatic carbocycles. The van der Waals surface area contributed by atoms with Gasteiger partial charge in [-0.05, 0) is 12.0 Å². The van der Waals surface area contributed by atoms with E-state index in [4.69, 9.17) is 14.2 Å². The van der Waals surface area contributed by atoms with Gasteiger partial charge in [-0.3, -0.25) is 19.2 Å². The van der Waals surface area contributed by atoms with Gasteiger partial charge in [-0.1, -0.05) is 26.0 Å². The van der Waals surface area contributed by atoms with Crippen molar-refractivity contribution in [1.82, 2.24) is 4.90 Å². The highest BCUT2D eigenvalue weighted by Gasteiger charge is 2.67. The molecule has 0 radical (unpaired) electrons. The molecule has 204 valence electrons. The van der Waals surface area contributed by atoms with E-state index in [1.165, 1.54) is 20.2 Å². The van der Waals surface area contributed by atoms with E-state index in [2.05, 4.69) is 13.2 Å². The lowest BCUT2D eigenvalue weighted by Gasteiger charge is -2.55. The van der Waals surface area contributed by atoms with E-state index < -0.39 is 58.4 Å². The first-order valence-electron chi connectivity index (χ1n) is 12.9. The third-order valence-electron chi connectivity index (χ3n) is 8.69. The van der Waals surface area contributed by atoms with Crippen LogP contribution in [0, 0.1) is 22.7 Å². The maximum atomic E-state index is 14.0. The summed E-state index contributed by atoms with van der Waals surface area (Å²) in [5.74, 6) is -4.47. The van der Waals surface area contributed by atoms with Crippen LogP contribution in [-0.4, -0.2) is 73.2 Å². The molecule has 0 bridgehead atoms. The number of esters is 2. The fraction of sp³-hybridized carbons (Fsp3) is 0.552. The molecule has 2 fully saturated rings. The van der Waals surface area contributed by atoms with E-state index in [0.717, 1.165) is 0 Å². The number of allylic oxidation sites excluding steroid dienone is 1. The summed E-state index contributed by atoms with van der Waals surface area (Å²) in [6.07, 6.45) is 3.82. The van der Waals surface area contributed by atoms with Crippen molar-refractivity contribution in [3.63, 3.8) is 0 Å². The van der Waals surface area contributed by atoms with Gasteiger partial charge in [-0.25, -0.2) is 4.79 Å². The van der Waals surface area contributed by atoms with Crippen molar-refractivity contribution in [2.24, 2.45) is 22.7 Å². The Bertz CT molecular complexity index is 1170. The molecule has 9 nitrogen and oxygen atoms in total. The van der Waals surface area contributed by atoms with Crippen LogP contribution in [0.5, 0.6) is 0 Å². The number of nitrogens with zero attached hydrogens (tertiary/aromatic N) is 1. The van der Waals surface area contributed by atoms with Crippen LogP contribution in [0.15, 0.2) is 48.2 Å². The Morgan fingerprint density at radius 1 is 1.16 bits per heavy atom. The SMILES string of the molecule is C=CCN(/C=C1/C(=O)O[C@H](COC)[C@]2(C)C3=C(C(=O)C(=O)C12)[C@@H]1CCC(=O)[C@@]1(C)C[C@H]3OC(C)=O)CC=C. The van der Waals surface area contributed by atoms with E-state index in [1.807, 2.05) is 0 Å². The van der Waals surface area contributed by atoms with Crippen molar-refractivity contribution in [2.75, 3.05) is 26.8 Å². The van der Waals surface area contributed by atoms with Crippen LogP contribution in [0.3, 0.4) is 0 Å². The summed E-state index contributed by atoms with van der Waals surface area (Å²) in [7, 11) is 1.45. The Morgan fingerprint density at radius 2 is 1.82 bits per heavy atom. The van der Waals surface area contributed by atoms with E-state index in [1.54, 1.807) is 30.9 Å². The Kier molecular flexibility index (Phi) is 7.36. The number of carbonyl (C=O) groups is 5. The summed E-state index contributed by atoms with van der Waals surface area (Å²) >= 11 is 0. The Morgan fingerprint density at radius 3 is 2.39 bits per heavy atom. The minimum atomic E-state index is -1.25. The van der Waals surface area contributed by atoms with Gasteiger partial charge in [-0.2, -0.15) is 0 Å². The first-order valence-corrected chi connectivity index (χ1v) is 12.9. The van der Waals surface area contributed by atoms with Crippen LogP contribution >= 0.6 is 0 Å². The molecule has 9 heteroatoms. The summed E-state index contributed by atoms with van der Waals surface area (Å²) in [5, 5.41) is 0. The van der Waals surface area contributed by atoms with Crippen LogP contribution in [0.2, 0.25) is 0 Å². The van der Waals surface area contributed by atoms with Crippen molar-refractivity contribution in [2.45, 2.75) is 52.2 Å². The first kappa shape index (κ1) is 27.7. The summed E-state index contributed by atoms with van der Waals surface area (Å²) < 4.78 is 17.1. The average molecular weight is 526 g/mol. The second-order valence-corrected chi connectivity index (χ2v) is 10.9. The van der Waals surface area contributed by atoms with Gasteiger partial charge in [0.1, 0.15) is 18.0 Å². The molecule has 0 spiro atoms. The van der Waals surface area contributed by atoms with Crippen molar-refractivity contribution in [1.29, 1.82) is 0 Å². The van der Waals surface area contributed by atoms with Crippen molar-refractivity contribution >= 4 is 29.3 Å². The van der Waals surface area contributed by atoms with Gasteiger partial charge in [-0.15, -0.1) is 13.2 Å². The molecule has 1 saturated carbocycles. The van der Waals surface area contributed by atoms with Crippen LogP contribution in [-0.2, 0) is 38.2 Å². The van der Waals surface area contributed by atoms with E-state index in [-0.39, 0.29) is 36.4 Å². The lowest BCUT2D eigenvalue weighted by atomic mass is 9.50. The molecule has 0 N–H and O–H groups in total. The smallest absolute Gasteiger partial charge is 0.336 e. The van der Waals surface area contributed by atoms with Crippen LogP contribution < -0.4 is 0 Å². The Balaban J connectivity index is 2.01. The minimum Gasteiger partial charge on any atom is -0.458 e. The van der Waals surface area contributed by atoms with Crippen LogP contribution in [0.1, 0.15) is 40.0 Å². The maximum Gasteiger partial charge on any atom is 0.336 e. The zero-order valence-electron chi connectivity index (χ0n) is 22.4. The Labute approximate surface area is 222 Å². The average Bonchev–Trinajstić information content (AvgIpc) is 3.13. The molecule has 4 aliphatic rings. The fourth-order valence-corrected chi connectivity index (χ4v) is 7.01. The quantitative estimate of drug-likeness (QED) is 0.204. The molecule has 6 atom stereocenters. The van der Waals surface area contributed by atoms with Gasteiger partial charge in [0.05, 0.1) is 18.1 Å². The second kappa shape index (κ2) is 10.1. The molecule has 1 unspecified atom stereocenters. The highest BCUT2D eigenvalue weighted by Crippen LogP contribution is 2.62. The molecule has 0 aromatic heterocycles. The van der Waals surface area contributed by atoms with Crippen molar-refractivity contribution in [3.8, 4) is 0 Å². The molecule has 0 amide bonds. The first-order chi connectivity index (χ1) is 17.9. The third-order valence-corrected chi connectivity index (χ3v) is 8.69. The zero-order chi connectivity index (χ0) is 28.0. The lowest BCUT2D eigenvalue weighted by molar-refractivity contribution is -0.174. The summed E-state index contributed by atoms with van der Waals surface area (Å²) in [6, 6.07) is 0. The monoisotopic (exact) mass is 525 g/mol. The highest BCUT2D eigenvalue weighted by molar-refractivity contribution is 6.47. The number of Topliss-reactive ketones (excluding diaryl/α,β-unsaturated/α-hetero) is 3. The number of cyclic esters (lactones) is 1. The van der Waals surface area contributed by atoms with Gasteiger partial charge >= 0.3 is 11.9 Å². The number of rotatable bonds is 8. The van der Waals surface area contributed by atoms with Crippen LogP contribution in [0.4, 0.5) is 0 Å². The number of hydrogen-bond donors (Lipinski definition) is 0. The highest BCUT2D eigenvalue weighted by atomic mass is 16.6. The number of ketones is 3. The number of hydrogen-bond acceptors (Lipinski definition) is 9. The molecular formula is C29H35NO8. The Hall–Kier alpha value is -3.33. The molecule has 4 rings (SSSR count). The molecule has 38 heavy (non-hydrogen) atoms. The van der Waals surface area contributed by atoms with Gasteiger partial charge < -0.3 is 19.1 Å². The van der Waals surface area contributed by atoms with E-state index in [9.17, 15) is 24.0 Å². The second-order valence-electron chi connectivity index (χ2n) is 10.9. The van der Waals surface area contributed by atoms with Gasteiger partial charge in [0.25, 0.3) is 0 Å². The third kappa shape index (κ3) is 4.08. The van der Waals surface area contributed by atoms with Gasteiger partial charge in [0, 0.05) is 68.5 Å². The molecule has 1 heterocycles. The number of fused-ring (bicyclic) bond motifs is 4. The zero-order valence-corrected chi connectivity index (χ0v) is 22.4. The van der Waals surface area contributed by atoms with Crippen molar-refractivity contribution in [3.05, 3.63) is 48.2 Å². The number of ether oxygens (including phenoxy) is 3. The van der Waals surface area contributed by atoms with E-state index in [0.29, 0.717) is 25.1 Å². The predicted molar refractivity (Wildman–Crippen MR) is 136 cm³/mol. The predicted octanol–water partition coefficient (Wildman–Crippen LogP) is 2.51. The normalized spacial score (nSPS) is 35.3. The summed E-state index contributed by atoms with van der Waals surface area (Å²) in [5.41, 5.74) is -1.47. The number of carbonyl (C=O) groups excluding carboxylic acids is 5. The summed E-state index contributed by atoms with van der Waals surface area (Å²) in [4.78, 5) is 68.3. The minimum absolute atomic E-state index is 0.0210. The van der Waals surface area contributed by atoms with Gasteiger partial charge in [0.15, 0.2) is 0 Å². The van der Waals surface area contributed by atoms with Crippen molar-refractivity contribution < 1.29 is 38.2 Å². The molecule has 1 saturated heterocycles. The lowest BCUT2D eigenvalue weighted by Crippen LogP contribution is -2.62. The van der Waals surface area contributed by atoms with E-state index >= 15 is 0 Å². The van der Waals surface area contributed by atoms with Crippen LogP contribution in [0.25, 0.3) is 0 Å². The molecule has 0 aromatic rings. The van der Waals surface area contributed by atoms with Gasteiger partial charge in [0.2, 0.25) is 11.6 Å². The molecule has 1 aliphatic heterocycles. The largest absolute Gasteiger partial charge is 0.458 e. The standard InChI is InChI=1S/C29H35NO8/c1-7-11-30(12-8-2)14-17-23-26(34)25(33)22-18-9-10-20(32)28(18,4)13-19(37-16(3)31)24(22)29(23,5)21(15-36-6)38-27(17)35/h7-8,14,18-19,21,23H,1-2,9-13,15H2,3-6H3/b17-14+/t18-,19+,21+,23?,28-,29-/m0/s1.